The highest BCUT2D eigenvalue weighted by atomic mass is 32.2. The summed E-state index contributed by atoms with van der Waals surface area (Å²) < 4.78 is 22.5. The quantitative estimate of drug-likeness (QED) is 0.841. The van der Waals surface area contributed by atoms with Crippen LogP contribution in [0.3, 0.4) is 0 Å². The Labute approximate surface area is 113 Å². The van der Waals surface area contributed by atoms with Crippen molar-refractivity contribution in [3.8, 4) is 0 Å². The highest BCUT2D eigenvalue weighted by Gasteiger charge is 2.40. The molecule has 2 aliphatic rings. The van der Waals surface area contributed by atoms with E-state index in [0.29, 0.717) is 12.1 Å². The van der Waals surface area contributed by atoms with Crippen LogP contribution in [0.15, 0.2) is 29.2 Å². The summed E-state index contributed by atoms with van der Waals surface area (Å²) in [5, 5.41) is 14.9. The monoisotopic (exact) mass is 282 g/mol. The molecule has 0 aliphatic carbocycles. The van der Waals surface area contributed by atoms with Crippen molar-refractivity contribution in [3.05, 3.63) is 24.3 Å². The fraction of sp³-hybridized carbons (Fsp3) is 0.538. The average molecular weight is 282 g/mol. The number of nitrogens with zero attached hydrogens (tertiary/aromatic N) is 1. The van der Waals surface area contributed by atoms with Gasteiger partial charge in [0.2, 0.25) is 10.0 Å². The maximum atomic E-state index is 11.2. The van der Waals surface area contributed by atoms with E-state index >= 15 is 0 Å². The van der Waals surface area contributed by atoms with Gasteiger partial charge in [-0.25, -0.2) is 13.6 Å². The van der Waals surface area contributed by atoms with E-state index in [9.17, 15) is 13.5 Å². The molecule has 1 aromatic rings. The van der Waals surface area contributed by atoms with Crippen LogP contribution in [-0.2, 0) is 10.0 Å². The Kier molecular flexibility index (Phi) is 3.03. The summed E-state index contributed by atoms with van der Waals surface area (Å²) in [6, 6.07) is 7.46. The number of rotatable bonds is 2. The minimum Gasteiger partial charge on any atom is -0.393 e. The van der Waals surface area contributed by atoms with Gasteiger partial charge in [-0.3, -0.25) is 0 Å². The average Bonchev–Trinajstić information content (AvgIpc) is 2.61. The number of hydrogen-bond donors (Lipinski definition) is 2. The molecule has 2 fully saturated rings. The molecule has 2 saturated heterocycles. The molecule has 2 bridgehead atoms. The SMILES string of the molecule is NS(=O)(=O)c1ccc(N2C3CCC2CC(O)C3)cc1. The molecule has 0 saturated carbocycles. The van der Waals surface area contributed by atoms with Crippen LogP contribution >= 0.6 is 0 Å². The lowest BCUT2D eigenvalue weighted by Gasteiger charge is -2.39. The lowest BCUT2D eigenvalue weighted by Crippen LogP contribution is -2.44. The Hall–Kier alpha value is -1.11. The van der Waals surface area contributed by atoms with Crippen LogP contribution in [0.1, 0.15) is 25.7 Å². The first-order valence-electron chi connectivity index (χ1n) is 6.54. The molecule has 6 heteroatoms. The summed E-state index contributed by atoms with van der Waals surface area (Å²) in [5.74, 6) is 0. The zero-order chi connectivity index (χ0) is 13.6. The highest BCUT2D eigenvalue weighted by Crippen LogP contribution is 2.39. The van der Waals surface area contributed by atoms with Gasteiger partial charge in [0.25, 0.3) is 0 Å². The van der Waals surface area contributed by atoms with Crippen molar-refractivity contribution < 1.29 is 13.5 Å². The van der Waals surface area contributed by atoms with Gasteiger partial charge in [-0.05, 0) is 49.9 Å². The topological polar surface area (TPSA) is 83.6 Å². The number of aliphatic hydroxyl groups is 1. The highest BCUT2D eigenvalue weighted by molar-refractivity contribution is 7.89. The molecule has 0 amide bonds. The lowest BCUT2D eigenvalue weighted by atomic mass is 9.99. The van der Waals surface area contributed by atoms with Crippen LogP contribution in [0.25, 0.3) is 0 Å². The molecular formula is C13H18N2O3S. The molecule has 104 valence electrons. The number of nitrogens with two attached hydrogens (primary N) is 1. The van der Waals surface area contributed by atoms with Gasteiger partial charge in [-0.1, -0.05) is 0 Å². The van der Waals surface area contributed by atoms with Gasteiger partial charge >= 0.3 is 0 Å². The second-order valence-corrected chi connectivity index (χ2v) is 7.02. The van der Waals surface area contributed by atoms with Crippen LogP contribution in [0.2, 0.25) is 0 Å². The predicted molar refractivity (Wildman–Crippen MR) is 72.3 cm³/mol. The maximum Gasteiger partial charge on any atom is 0.238 e. The smallest absolute Gasteiger partial charge is 0.238 e. The number of benzene rings is 1. The molecule has 0 radical (unpaired) electrons. The van der Waals surface area contributed by atoms with E-state index in [1.807, 2.05) is 12.1 Å². The summed E-state index contributed by atoms with van der Waals surface area (Å²) in [7, 11) is -3.63. The van der Waals surface area contributed by atoms with Gasteiger partial charge in [0.15, 0.2) is 0 Å². The van der Waals surface area contributed by atoms with Gasteiger partial charge in [-0.15, -0.1) is 0 Å². The number of piperidine rings is 1. The molecule has 0 spiro atoms. The fourth-order valence-electron chi connectivity index (χ4n) is 3.38. The van der Waals surface area contributed by atoms with Crippen molar-refractivity contribution in [3.63, 3.8) is 0 Å². The Balaban J connectivity index is 1.88. The zero-order valence-corrected chi connectivity index (χ0v) is 11.4. The Bertz CT molecular complexity index is 556. The van der Waals surface area contributed by atoms with Gasteiger partial charge in [-0.2, -0.15) is 0 Å². The number of aliphatic hydroxyl groups excluding tert-OH is 1. The number of anilines is 1. The predicted octanol–water partition coefficient (Wildman–Crippen LogP) is 0.826. The minimum atomic E-state index is -3.63. The Morgan fingerprint density at radius 2 is 1.63 bits per heavy atom. The van der Waals surface area contributed by atoms with E-state index in [4.69, 9.17) is 5.14 Å². The molecule has 2 aliphatic heterocycles. The molecule has 5 nitrogen and oxygen atoms in total. The van der Waals surface area contributed by atoms with Crippen LogP contribution in [-0.4, -0.2) is 31.7 Å². The van der Waals surface area contributed by atoms with E-state index < -0.39 is 10.0 Å². The van der Waals surface area contributed by atoms with E-state index in [1.165, 1.54) is 0 Å². The molecule has 19 heavy (non-hydrogen) atoms. The van der Waals surface area contributed by atoms with Crippen molar-refractivity contribution in [2.75, 3.05) is 4.90 Å². The summed E-state index contributed by atoms with van der Waals surface area (Å²) in [5.41, 5.74) is 1.02. The second-order valence-electron chi connectivity index (χ2n) is 5.46. The van der Waals surface area contributed by atoms with E-state index in [1.54, 1.807) is 12.1 Å². The van der Waals surface area contributed by atoms with Crippen molar-refractivity contribution >= 4 is 15.7 Å². The first-order valence-corrected chi connectivity index (χ1v) is 8.09. The molecule has 3 N–H and O–H groups in total. The van der Waals surface area contributed by atoms with Crippen LogP contribution in [0, 0.1) is 0 Å². The molecule has 3 rings (SSSR count). The van der Waals surface area contributed by atoms with Crippen molar-refractivity contribution in [2.45, 2.75) is 48.8 Å². The van der Waals surface area contributed by atoms with Gasteiger partial charge in [0.1, 0.15) is 0 Å². The summed E-state index contributed by atoms with van der Waals surface area (Å²) in [4.78, 5) is 2.46. The standard InChI is InChI=1S/C13H18N2O3S/c14-19(17,18)13-5-3-9(4-6-13)15-10-1-2-11(15)8-12(16)7-10/h3-6,10-12,16H,1-2,7-8H2,(H2,14,17,18). The van der Waals surface area contributed by atoms with Crippen molar-refractivity contribution in [1.82, 2.24) is 0 Å². The molecule has 2 unspecified atom stereocenters. The molecular weight excluding hydrogens is 264 g/mol. The zero-order valence-electron chi connectivity index (χ0n) is 10.6. The number of primary sulfonamides is 1. The van der Waals surface area contributed by atoms with Gasteiger partial charge in [0.05, 0.1) is 11.0 Å². The van der Waals surface area contributed by atoms with Gasteiger partial charge in [0, 0.05) is 17.8 Å². The third-order valence-electron chi connectivity index (χ3n) is 4.17. The second kappa shape index (κ2) is 4.47. The van der Waals surface area contributed by atoms with Crippen LogP contribution < -0.4 is 10.0 Å². The normalized spacial score (nSPS) is 30.6. The summed E-state index contributed by atoms with van der Waals surface area (Å²) in [6.45, 7) is 0. The van der Waals surface area contributed by atoms with Crippen LogP contribution in [0.4, 0.5) is 5.69 Å². The maximum absolute atomic E-state index is 11.2. The summed E-state index contributed by atoms with van der Waals surface area (Å²) in [6.07, 6.45) is 3.59. The Morgan fingerprint density at radius 3 is 2.11 bits per heavy atom. The lowest BCUT2D eigenvalue weighted by molar-refractivity contribution is 0.126. The van der Waals surface area contributed by atoms with Gasteiger partial charge < -0.3 is 10.0 Å². The number of sulfonamides is 1. The molecule has 1 aromatic carbocycles. The minimum absolute atomic E-state index is 0.139. The fourth-order valence-corrected chi connectivity index (χ4v) is 3.89. The van der Waals surface area contributed by atoms with E-state index in [2.05, 4.69) is 4.90 Å². The van der Waals surface area contributed by atoms with Crippen molar-refractivity contribution in [1.29, 1.82) is 0 Å². The number of fused-ring (bicyclic) bond motifs is 2. The Morgan fingerprint density at radius 1 is 1.11 bits per heavy atom. The van der Waals surface area contributed by atoms with E-state index in [0.717, 1.165) is 31.4 Å². The third-order valence-corrected chi connectivity index (χ3v) is 5.10. The molecule has 0 aromatic heterocycles. The molecule has 2 atom stereocenters. The largest absolute Gasteiger partial charge is 0.393 e. The van der Waals surface area contributed by atoms with Crippen molar-refractivity contribution in [2.24, 2.45) is 5.14 Å². The first-order chi connectivity index (χ1) is 8.95. The first kappa shape index (κ1) is 12.9. The van der Waals surface area contributed by atoms with E-state index in [-0.39, 0.29) is 11.0 Å². The number of hydrogen-bond acceptors (Lipinski definition) is 4. The van der Waals surface area contributed by atoms with Crippen LogP contribution in [0.5, 0.6) is 0 Å². The third kappa shape index (κ3) is 2.35. The molecule has 2 heterocycles. The summed E-state index contributed by atoms with van der Waals surface area (Å²) >= 11 is 0.